The monoisotopic (exact) mass is 505 g/mol. The molecule has 0 fully saturated rings. The molecule has 3 rings (SSSR count). The normalized spacial score (nSPS) is 11.3. The predicted molar refractivity (Wildman–Crippen MR) is 149 cm³/mol. The first-order valence-corrected chi connectivity index (χ1v) is 12.6. The van der Waals surface area contributed by atoms with Gasteiger partial charge in [0.15, 0.2) is 0 Å². The molecular weight excluding hydrogens is 466 g/mol. The van der Waals surface area contributed by atoms with Crippen LogP contribution in [0, 0.1) is 20.8 Å². The minimum Gasteiger partial charge on any atom is -0.385 e. The van der Waals surface area contributed by atoms with Crippen LogP contribution in [0.1, 0.15) is 49.6 Å². The largest absolute Gasteiger partial charge is 0.385 e. The molecule has 0 aliphatic rings. The van der Waals surface area contributed by atoms with Crippen molar-refractivity contribution in [2.24, 2.45) is 0 Å². The van der Waals surface area contributed by atoms with Gasteiger partial charge in [-0.05, 0) is 56.5 Å². The van der Waals surface area contributed by atoms with Crippen molar-refractivity contribution in [1.29, 1.82) is 0 Å². The van der Waals surface area contributed by atoms with Crippen LogP contribution in [0.15, 0.2) is 48.5 Å². The Bertz CT molecular complexity index is 1240. The van der Waals surface area contributed by atoms with Crippen LogP contribution in [-0.4, -0.2) is 53.4 Å². The molecule has 2 aromatic carbocycles. The number of urea groups is 1. The van der Waals surface area contributed by atoms with E-state index in [1.54, 1.807) is 11.8 Å². The fourth-order valence-electron chi connectivity index (χ4n) is 3.95. The van der Waals surface area contributed by atoms with Crippen LogP contribution in [0.5, 0.6) is 0 Å². The SMILES string of the molecule is COCCCN(CC(=O)Nc1cc(C(C)(C)C)nn1-c1cccc(C)c1)C(=O)Nc1ccc(C)cc1C. The van der Waals surface area contributed by atoms with E-state index in [1.165, 1.54) is 4.90 Å². The highest BCUT2D eigenvalue weighted by Crippen LogP contribution is 2.26. The van der Waals surface area contributed by atoms with Gasteiger partial charge in [-0.3, -0.25) is 4.79 Å². The summed E-state index contributed by atoms with van der Waals surface area (Å²) in [5.41, 5.74) is 5.41. The van der Waals surface area contributed by atoms with Gasteiger partial charge in [-0.15, -0.1) is 0 Å². The summed E-state index contributed by atoms with van der Waals surface area (Å²) in [6.07, 6.45) is 0.611. The van der Waals surface area contributed by atoms with Gasteiger partial charge < -0.3 is 20.3 Å². The first-order valence-electron chi connectivity index (χ1n) is 12.6. The van der Waals surface area contributed by atoms with Crippen molar-refractivity contribution in [1.82, 2.24) is 14.7 Å². The summed E-state index contributed by atoms with van der Waals surface area (Å²) in [6.45, 7) is 13.0. The molecule has 0 saturated heterocycles. The third kappa shape index (κ3) is 7.67. The van der Waals surface area contributed by atoms with Crippen LogP contribution >= 0.6 is 0 Å². The molecule has 3 aromatic rings. The second-order valence-corrected chi connectivity index (χ2v) is 10.5. The summed E-state index contributed by atoms with van der Waals surface area (Å²) >= 11 is 0. The van der Waals surface area contributed by atoms with E-state index in [-0.39, 0.29) is 23.9 Å². The molecule has 8 nitrogen and oxygen atoms in total. The van der Waals surface area contributed by atoms with E-state index in [1.807, 2.05) is 69.3 Å². The van der Waals surface area contributed by atoms with Crippen molar-refractivity contribution in [3.63, 3.8) is 0 Å². The molecule has 0 radical (unpaired) electrons. The zero-order chi connectivity index (χ0) is 27.2. The number of ether oxygens (including phenoxy) is 1. The second kappa shape index (κ2) is 12.1. The highest BCUT2D eigenvalue weighted by molar-refractivity contribution is 5.97. The van der Waals surface area contributed by atoms with Gasteiger partial charge in [0.25, 0.3) is 0 Å². The van der Waals surface area contributed by atoms with E-state index in [4.69, 9.17) is 9.84 Å². The smallest absolute Gasteiger partial charge is 0.322 e. The number of aryl methyl sites for hydroxylation is 3. The second-order valence-electron chi connectivity index (χ2n) is 10.5. The molecule has 0 aliphatic carbocycles. The van der Waals surface area contributed by atoms with Crippen molar-refractivity contribution in [3.05, 3.63) is 70.9 Å². The molecule has 8 heteroatoms. The number of nitrogens with zero attached hydrogens (tertiary/aromatic N) is 3. The average Bonchev–Trinajstić information content (AvgIpc) is 3.24. The molecular formula is C29H39N5O3. The van der Waals surface area contributed by atoms with E-state index in [0.29, 0.717) is 25.4 Å². The number of carbonyl (C=O) groups is 2. The fourth-order valence-corrected chi connectivity index (χ4v) is 3.95. The summed E-state index contributed by atoms with van der Waals surface area (Å²) in [6, 6.07) is 15.4. The van der Waals surface area contributed by atoms with Gasteiger partial charge >= 0.3 is 6.03 Å². The van der Waals surface area contributed by atoms with E-state index in [2.05, 4.69) is 31.4 Å². The molecule has 0 unspecified atom stereocenters. The lowest BCUT2D eigenvalue weighted by molar-refractivity contribution is -0.116. The Morgan fingerprint density at radius 2 is 1.73 bits per heavy atom. The van der Waals surface area contributed by atoms with Gasteiger partial charge in [-0.1, -0.05) is 50.6 Å². The molecule has 0 aliphatic heterocycles. The molecule has 0 atom stereocenters. The number of rotatable bonds is 9. The zero-order valence-electron chi connectivity index (χ0n) is 23.0. The lowest BCUT2D eigenvalue weighted by Crippen LogP contribution is -2.41. The Balaban J connectivity index is 1.82. The molecule has 1 heterocycles. The zero-order valence-corrected chi connectivity index (χ0v) is 23.0. The average molecular weight is 506 g/mol. The van der Waals surface area contributed by atoms with Crippen LogP contribution in [-0.2, 0) is 14.9 Å². The van der Waals surface area contributed by atoms with Gasteiger partial charge in [0.05, 0.1) is 11.4 Å². The quantitative estimate of drug-likeness (QED) is 0.370. The molecule has 3 amide bonds. The predicted octanol–water partition coefficient (Wildman–Crippen LogP) is 5.60. The van der Waals surface area contributed by atoms with Crippen molar-refractivity contribution < 1.29 is 14.3 Å². The number of benzene rings is 2. The van der Waals surface area contributed by atoms with Gasteiger partial charge in [0, 0.05) is 37.4 Å². The molecule has 0 saturated carbocycles. The number of nitrogens with one attached hydrogen (secondary N) is 2. The molecule has 1 aromatic heterocycles. The Hall–Kier alpha value is -3.65. The number of methoxy groups -OCH3 is 1. The van der Waals surface area contributed by atoms with Crippen LogP contribution in [0.25, 0.3) is 5.69 Å². The minimum atomic E-state index is -0.333. The topological polar surface area (TPSA) is 88.5 Å². The van der Waals surface area contributed by atoms with Gasteiger partial charge in [0.1, 0.15) is 12.4 Å². The number of amides is 3. The summed E-state index contributed by atoms with van der Waals surface area (Å²) in [7, 11) is 1.62. The standard InChI is InChI=1S/C29H39N5O3/c1-20-10-8-11-23(17-20)34-26(18-25(32-34)29(4,5)6)31-27(35)19-33(14-9-15-37-7)28(36)30-24-13-12-21(2)16-22(24)3/h8,10-13,16-18H,9,14-15,19H2,1-7H3,(H,30,36)(H,31,35). The Morgan fingerprint density at radius 3 is 2.38 bits per heavy atom. The summed E-state index contributed by atoms with van der Waals surface area (Å²) < 4.78 is 6.91. The lowest BCUT2D eigenvalue weighted by Gasteiger charge is -2.23. The number of anilines is 2. The highest BCUT2D eigenvalue weighted by atomic mass is 16.5. The summed E-state index contributed by atoms with van der Waals surface area (Å²) in [4.78, 5) is 27.9. The maximum Gasteiger partial charge on any atom is 0.322 e. The molecule has 0 bridgehead atoms. The van der Waals surface area contributed by atoms with E-state index >= 15 is 0 Å². The van der Waals surface area contributed by atoms with Crippen molar-refractivity contribution >= 4 is 23.4 Å². The van der Waals surface area contributed by atoms with E-state index in [9.17, 15) is 9.59 Å². The third-order valence-corrected chi connectivity index (χ3v) is 6.01. The van der Waals surface area contributed by atoms with Gasteiger partial charge in [-0.25, -0.2) is 9.48 Å². The van der Waals surface area contributed by atoms with E-state index in [0.717, 1.165) is 33.8 Å². The first kappa shape index (κ1) is 27.9. The Kier molecular flexibility index (Phi) is 9.10. The summed E-state index contributed by atoms with van der Waals surface area (Å²) in [5, 5.41) is 10.7. The van der Waals surface area contributed by atoms with Crippen molar-refractivity contribution in [3.8, 4) is 5.69 Å². The number of hydrogen-bond donors (Lipinski definition) is 2. The number of carbonyl (C=O) groups excluding carboxylic acids is 2. The first-order chi connectivity index (χ1) is 17.5. The van der Waals surface area contributed by atoms with Crippen molar-refractivity contribution in [2.45, 2.75) is 53.4 Å². The highest BCUT2D eigenvalue weighted by Gasteiger charge is 2.23. The lowest BCUT2D eigenvalue weighted by atomic mass is 9.92. The molecule has 2 N–H and O–H groups in total. The van der Waals surface area contributed by atoms with Crippen LogP contribution < -0.4 is 10.6 Å². The maximum absolute atomic E-state index is 13.2. The molecule has 0 spiro atoms. The van der Waals surface area contributed by atoms with Gasteiger partial charge in [0.2, 0.25) is 5.91 Å². The van der Waals surface area contributed by atoms with Gasteiger partial charge in [-0.2, -0.15) is 5.10 Å². The Labute approximate surface area is 220 Å². The summed E-state index contributed by atoms with van der Waals surface area (Å²) in [5.74, 6) is 0.259. The third-order valence-electron chi connectivity index (χ3n) is 6.01. The maximum atomic E-state index is 13.2. The minimum absolute atomic E-state index is 0.107. The number of hydrogen-bond acceptors (Lipinski definition) is 4. The number of aromatic nitrogens is 2. The van der Waals surface area contributed by atoms with Crippen LogP contribution in [0.3, 0.4) is 0 Å². The van der Waals surface area contributed by atoms with Crippen LogP contribution in [0.4, 0.5) is 16.3 Å². The Morgan fingerprint density at radius 1 is 1.00 bits per heavy atom. The van der Waals surface area contributed by atoms with Crippen LogP contribution in [0.2, 0.25) is 0 Å². The van der Waals surface area contributed by atoms with Crippen molar-refractivity contribution in [2.75, 3.05) is 37.4 Å². The fraction of sp³-hybridized carbons (Fsp3) is 0.414. The molecule has 37 heavy (non-hydrogen) atoms. The van der Waals surface area contributed by atoms with E-state index < -0.39 is 0 Å². The molecule has 198 valence electrons.